The third kappa shape index (κ3) is 4.09. The van der Waals surface area contributed by atoms with Crippen molar-refractivity contribution in [3.05, 3.63) is 35.9 Å². The largest absolute Gasteiger partial charge is 0.273 e. The van der Waals surface area contributed by atoms with E-state index in [0.29, 0.717) is 5.56 Å². The lowest BCUT2D eigenvalue weighted by Crippen LogP contribution is -2.57. The fraction of sp³-hybridized carbons (Fsp3) is 0.556. The molecule has 1 N–H and O–H groups in total. The lowest BCUT2D eigenvalue weighted by atomic mass is 9.89. The number of amides is 2. The number of carbonyl (C=O) groups is 2. The van der Waals surface area contributed by atoms with Crippen LogP contribution in [0.2, 0.25) is 0 Å². The van der Waals surface area contributed by atoms with Crippen LogP contribution in [-0.4, -0.2) is 22.4 Å². The molecule has 0 atom stereocenters. The highest BCUT2D eigenvalue weighted by Gasteiger charge is 2.31. The third-order valence-corrected chi connectivity index (χ3v) is 4.09. The molecule has 2 amide bonds. The first-order valence-corrected chi connectivity index (χ1v) is 8.09. The minimum Gasteiger partial charge on any atom is -0.273 e. The van der Waals surface area contributed by atoms with Gasteiger partial charge in [-0.05, 0) is 45.7 Å². The Morgan fingerprint density at radius 1 is 1.05 bits per heavy atom. The number of rotatable bonds is 2. The van der Waals surface area contributed by atoms with Gasteiger partial charge in [0.25, 0.3) is 5.91 Å². The molecule has 4 nitrogen and oxygen atoms in total. The van der Waals surface area contributed by atoms with Gasteiger partial charge in [-0.15, -0.1) is 0 Å². The molecule has 0 saturated heterocycles. The zero-order chi connectivity index (χ0) is 16.2. The van der Waals surface area contributed by atoms with E-state index in [1.54, 1.807) is 12.1 Å². The Morgan fingerprint density at radius 3 is 2.18 bits per heavy atom. The van der Waals surface area contributed by atoms with E-state index in [9.17, 15) is 9.59 Å². The van der Waals surface area contributed by atoms with E-state index in [4.69, 9.17) is 0 Å². The highest BCUT2D eigenvalue weighted by atomic mass is 16.2. The summed E-state index contributed by atoms with van der Waals surface area (Å²) in [6.45, 7) is 5.78. The predicted molar refractivity (Wildman–Crippen MR) is 87.1 cm³/mol. The van der Waals surface area contributed by atoms with Gasteiger partial charge < -0.3 is 0 Å². The molecule has 1 aliphatic rings. The molecule has 1 aromatic carbocycles. The Morgan fingerprint density at radius 2 is 1.64 bits per heavy atom. The minimum absolute atomic E-state index is 0.0288. The number of nitrogens with zero attached hydrogens (tertiary/aromatic N) is 1. The van der Waals surface area contributed by atoms with Crippen LogP contribution in [0.1, 0.15) is 63.2 Å². The first-order chi connectivity index (χ1) is 10.4. The van der Waals surface area contributed by atoms with E-state index in [1.165, 1.54) is 11.4 Å². The summed E-state index contributed by atoms with van der Waals surface area (Å²) in [6, 6.07) is 9.08. The number of carbonyl (C=O) groups excluding carboxylic acids is 2. The first-order valence-electron chi connectivity index (χ1n) is 8.09. The minimum atomic E-state index is -0.475. The van der Waals surface area contributed by atoms with Gasteiger partial charge in [0.05, 0.1) is 5.54 Å². The smallest absolute Gasteiger partial charge is 0.272 e. The van der Waals surface area contributed by atoms with Crippen LogP contribution in [0.25, 0.3) is 0 Å². The second kappa shape index (κ2) is 6.95. The Balaban J connectivity index is 2.13. The summed E-state index contributed by atoms with van der Waals surface area (Å²) in [5, 5.41) is 1.47. The first kappa shape index (κ1) is 16.5. The molecule has 1 aliphatic carbocycles. The fourth-order valence-electron chi connectivity index (χ4n) is 2.80. The van der Waals surface area contributed by atoms with Gasteiger partial charge in [-0.25, -0.2) is 5.01 Å². The van der Waals surface area contributed by atoms with E-state index in [1.807, 2.05) is 39.0 Å². The van der Waals surface area contributed by atoms with Gasteiger partial charge in [0, 0.05) is 11.5 Å². The summed E-state index contributed by atoms with van der Waals surface area (Å²) in [6.07, 6.45) is 5.24. The van der Waals surface area contributed by atoms with Crippen molar-refractivity contribution < 1.29 is 9.59 Å². The molecular weight excluding hydrogens is 276 g/mol. The number of hydrazine groups is 1. The van der Waals surface area contributed by atoms with Crippen LogP contribution in [0.4, 0.5) is 0 Å². The SMILES string of the molecule is CC(C)(C)N(NC(=O)C1CCCCC1)C(=O)c1ccccc1. The lowest BCUT2D eigenvalue weighted by molar-refractivity contribution is -0.131. The second-order valence-corrected chi connectivity index (χ2v) is 6.99. The molecule has 120 valence electrons. The monoisotopic (exact) mass is 302 g/mol. The van der Waals surface area contributed by atoms with E-state index >= 15 is 0 Å². The molecule has 22 heavy (non-hydrogen) atoms. The van der Waals surface area contributed by atoms with Crippen molar-refractivity contribution in [1.82, 2.24) is 10.4 Å². The van der Waals surface area contributed by atoms with E-state index in [-0.39, 0.29) is 17.7 Å². The number of nitrogens with one attached hydrogen (secondary N) is 1. The van der Waals surface area contributed by atoms with Crippen molar-refractivity contribution >= 4 is 11.8 Å². The molecule has 1 saturated carbocycles. The molecule has 0 spiro atoms. The third-order valence-electron chi connectivity index (χ3n) is 4.09. The maximum absolute atomic E-state index is 12.7. The molecule has 0 heterocycles. The highest BCUT2D eigenvalue weighted by molar-refractivity contribution is 5.96. The van der Waals surface area contributed by atoms with Crippen LogP contribution < -0.4 is 5.43 Å². The van der Waals surface area contributed by atoms with Crippen molar-refractivity contribution in [1.29, 1.82) is 0 Å². The van der Waals surface area contributed by atoms with Gasteiger partial charge >= 0.3 is 0 Å². The molecule has 0 radical (unpaired) electrons. The zero-order valence-electron chi connectivity index (χ0n) is 13.8. The topological polar surface area (TPSA) is 49.4 Å². The summed E-state index contributed by atoms with van der Waals surface area (Å²) in [5.41, 5.74) is 2.98. The molecule has 0 unspecified atom stereocenters. The molecule has 0 aliphatic heterocycles. The van der Waals surface area contributed by atoms with Crippen molar-refractivity contribution in [3.8, 4) is 0 Å². The van der Waals surface area contributed by atoms with Crippen LogP contribution in [-0.2, 0) is 4.79 Å². The normalized spacial score (nSPS) is 16.1. The summed E-state index contributed by atoms with van der Waals surface area (Å²) in [7, 11) is 0. The van der Waals surface area contributed by atoms with Crippen molar-refractivity contribution in [2.75, 3.05) is 0 Å². The van der Waals surface area contributed by atoms with Gasteiger partial charge in [-0.3, -0.25) is 15.0 Å². The van der Waals surface area contributed by atoms with Gasteiger partial charge in [0.2, 0.25) is 5.91 Å². The molecule has 1 aromatic rings. The Bertz CT molecular complexity index is 514. The van der Waals surface area contributed by atoms with Gasteiger partial charge in [-0.2, -0.15) is 0 Å². The van der Waals surface area contributed by atoms with Gasteiger partial charge in [0.1, 0.15) is 0 Å². The van der Waals surface area contributed by atoms with Crippen LogP contribution >= 0.6 is 0 Å². The van der Waals surface area contributed by atoms with Crippen molar-refractivity contribution in [2.24, 2.45) is 5.92 Å². The van der Waals surface area contributed by atoms with Gasteiger partial charge in [0.15, 0.2) is 0 Å². The predicted octanol–water partition coefficient (Wildman–Crippen LogP) is 3.54. The molecule has 2 rings (SSSR count). The highest BCUT2D eigenvalue weighted by Crippen LogP contribution is 2.24. The summed E-state index contributed by atoms with van der Waals surface area (Å²) in [5.74, 6) is -0.168. The van der Waals surface area contributed by atoms with E-state index in [0.717, 1.165) is 25.7 Å². The van der Waals surface area contributed by atoms with Gasteiger partial charge in [-0.1, -0.05) is 37.5 Å². The van der Waals surface area contributed by atoms with Crippen LogP contribution in [0.15, 0.2) is 30.3 Å². The maximum atomic E-state index is 12.7. The van der Waals surface area contributed by atoms with Crippen LogP contribution in [0.3, 0.4) is 0 Å². The second-order valence-electron chi connectivity index (χ2n) is 6.99. The number of hydrogen-bond donors (Lipinski definition) is 1. The van der Waals surface area contributed by atoms with Crippen LogP contribution in [0.5, 0.6) is 0 Å². The summed E-state index contributed by atoms with van der Waals surface area (Å²) >= 11 is 0. The Kier molecular flexibility index (Phi) is 5.22. The zero-order valence-corrected chi connectivity index (χ0v) is 13.8. The fourth-order valence-corrected chi connectivity index (χ4v) is 2.80. The Labute approximate surface area is 132 Å². The average Bonchev–Trinajstić information content (AvgIpc) is 2.52. The summed E-state index contributed by atoms with van der Waals surface area (Å²) < 4.78 is 0. The number of hydrogen-bond acceptors (Lipinski definition) is 2. The Hall–Kier alpha value is -1.84. The molecule has 4 heteroatoms. The average molecular weight is 302 g/mol. The molecular formula is C18H26N2O2. The lowest BCUT2D eigenvalue weighted by Gasteiger charge is -2.37. The number of benzene rings is 1. The van der Waals surface area contributed by atoms with E-state index in [2.05, 4.69) is 5.43 Å². The van der Waals surface area contributed by atoms with Crippen LogP contribution in [0, 0.1) is 5.92 Å². The van der Waals surface area contributed by atoms with E-state index < -0.39 is 5.54 Å². The van der Waals surface area contributed by atoms with Crippen molar-refractivity contribution in [3.63, 3.8) is 0 Å². The quantitative estimate of drug-likeness (QED) is 0.850. The maximum Gasteiger partial charge on any atom is 0.272 e. The summed E-state index contributed by atoms with van der Waals surface area (Å²) in [4.78, 5) is 25.2. The standard InChI is InChI=1S/C18H26N2O2/c1-18(2,3)20(17(22)15-12-8-5-9-13-15)19-16(21)14-10-6-4-7-11-14/h5,8-9,12-14H,4,6-7,10-11H2,1-3H3,(H,19,21). The molecule has 1 fully saturated rings. The molecule has 0 aromatic heterocycles. The molecule has 0 bridgehead atoms. The van der Waals surface area contributed by atoms with Crippen molar-refractivity contribution in [2.45, 2.75) is 58.4 Å².